The highest BCUT2D eigenvalue weighted by Gasteiger charge is 2.39. The predicted octanol–water partition coefficient (Wildman–Crippen LogP) is 8.01. The number of carbonyl (C=O) groups excluding carboxylic acids is 1. The minimum atomic E-state index is -4.53. The fraction of sp³-hybridized carbons (Fsp3) is 0.217. The lowest BCUT2D eigenvalue weighted by molar-refractivity contribution is -0.139. The normalized spacial score (nSPS) is 12.8. The fourth-order valence-corrected chi connectivity index (χ4v) is 4.56. The minimum absolute atomic E-state index is 0.0461. The highest BCUT2D eigenvalue weighted by atomic mass is 35.5. The van der Waals surface area contributed by atoms with Crippen LogP contribution in [-0.4, -0.2) is 17.1 Å². The van der Waals surface area contributed by atoms with Crippen molar-refractivity contribution in [3.63, 3.8) is 0 Å². The Morgan fingerprint density at radius 1 is 1.15 bits per heavy atom. The number of carbonyl (C=O) groups is 1. The number of rotatable bonds is 6. The standard InChI is InChI=1S/C23H18Cl3F3N2OS/c1-12-7-14(3-5-17(12)21(32)30-10-16-11-31-22(26)33-16)4-6-18(23(27,28)29)15-8-19(24)13(2)20(25)9-15/h3-9,11,18H,10H2,1-2H3,(H,30,32)/b6-4+. The summed E-state index contributed by atoms with van der Waals surface area (Å²) in [5.41, 5.74) is 2.05. The van der Waals surface area contributed by atoms with Crippen molar-refractivity contribution in [2.24, 2.45) is 0 Å². The van der Waals surface area contributed by atoms with Crippen molar-refractivity contribution >= 4 is 58.1 Å². The van der Waals surface area contributed by atoms with Crippen molar-refractivity contribution in [1.82, 2.24) is 10.3 Å². The van der Waals surface area contributed by atoms with E-state index in [1.165, 1.54) is 29.5 Å². The molecule has 1 unspecified atom stereocenters. The van der Waals surface area contributed by atoms with E-state index in [0.29, 0.717) is 26.7 Å². The molecule has 0 aliphatic heterocycles. The van der Waals surface area contributed by atoms with Gasteiger partial charge >= 0.3 is 6.18 Å². The zero-order chi connectivity index (χ0) is 24.3. The second-order valence-corrected chi connectivity index (χ2v) is 9.84. The fourth-order valence-electron chi connectivity index (χ4n) is 3.13. The van der Waals surface area contributed by atoms with E-state index in [1.807, 2.05) is 0 Å². The van der Waals surface area contributed by atoms with Crippen molar-refractivity contribution in [2.75, 3.05) is 0 Å². The van der Waals surface area contributed by atoms with Crippen LogP contribution in [0.1, 0.15) is 43.4 Å². The first kappa shape index (κ1) is 25.6. The highest BCUT2D eigenvalue weighted by Crippen LogP contribution is 2.39. The van der Waals surface area contributed by atoms with Gasteiger partial charge in [-0.3, -0.25) is 4.79 Å². The molecule has 0 aliphatic rings. The van der Waals surface area contributed by atoms with Crippen LogP contribution in [0, 0.1) is 13.8 Å². The molecule has 33 heavy (non-hydrogen) atoms. The molecule has 0 radical (unpaired) electrons. The number of benzene rings is 2. The van der Waals surface area contributed by atoms with Gasteiger partial charge in [-0.05, 0) is 54.3 Å². The van der Waals surface area contributed by atoms with Gasteiger partial charge in [-0.15, -0.1) is 11.3 Å². The second kappa shape index (κ2) is 10.5. The Bertz CT molecular complexity index is 1180. The SMILES string of the molecule is Cc1cc(/C=C/C(c2cc(Cl)c(C)c(Cl)c2)C(F)(F)F)ccc1C(=O)NCc1cnc(Cl)s1. The number of nitrogens with one attached hydrogen (secondary N) is 1. The molecule has 3 aromatic rings. The molecule has 3 rings (SSSR count). The molecule has 174 valence electrons. The topological polar surface area (TPSA) is 42.0 Å². The van der Waals surface area contributed by atoms with Crippen LogP contribution in [0.4, 0.5) is 13.2 Å². The molecule has 1 aromatic heterocycles. The first-order chi connectivity index (χ1) is 15.5. The second-order valence-electron chi connectivity index (χ2n) is 7.32. The first-order valence-corrected chi connectivity index (χ1v) is 11.6. The average molecular weight is 534 g/mol. The van der Waals surface area contributed by atoms with Gasteiger partial charge in [-0.25, -0.2) is 4.98 Å². The van der Waals surface area contributed by atoms with E-state index in [9.17, 15) is 18.0 Å². The Balaban J connectivity index is 1.79. The third-order valence-electron chi connectivity index (χ3n) is 4.94. The van der Waals surface area contributed by atoms with Gasteiger partial charge in [0, 0.05) is 26.7 Å². The van der Waals surface area contributed by atoms with Crippen LogP contribution in [-0.2, 0) is 6.54 Å². The Morgan fingerprint density at radius 2 is 1.82 bits per heavy atom. The van der Waals surface area contributed by atoms with Crippen LogP contribution in [0.25, 0.3) is 6.08 Å². The third-order valence-corrected chi connectivity index (χ3v) is 6.84. The molecule has 3 nitrogen and oxygen atoms in total. The molecule has 1 amide bonds. The summed E-state index contributed by atoms with van der Waals surface area (Å²) >= 11 is 19.1. The molecule has 2 aromatic carbocycles. The summed E-state index contributed by atoms with van der Waals surface area (Å²) in [5, 5.41) is 3.12. The van der Waals surface area contributed by atoms with E-state index in [-0.39, 0.29) is 28.1 Å². The lowest BCUT2D eigenvalue weighted by Gasteiger charge is -2.19. The summed E-state index contributed by atoms with van der Waals surface area (Å²) in [6.45, 7) is 3.63. The van der Waals surface area contributed by atoms with E-state index in [4.69, 9.17) is 34.8 Å². The Labute approximate surface area is 208 Å². The van der Waals surface area contributed by atoms with Crippen molar-refractivity contribution in [2.45, 2.75) is 32.5 Å². The Kier molecular flexibility index (Phi) is 8.11. The number of hydrogen-bond acceptors (Lipinski definition) is 3. The molecule has 1 heterocycles. The van der Waals surface area contributed by atoms with E-state index in [0.717, 1.165) is 11.0 Å². The predicted molar refractivity (Wildman–Crippen MR) is 129 cm³/mol. The van der Waals surface area contributed by atoms with Gasteiger partial charge in [0.1, 0.15) is 0 Å². The molecule has 0 bridgehead atoms. The maximum Gasteiger partial charge on any atom is 0.399 e. The largest absolute Gasteiger partial charge is 0.399 e. The van der Waals surface area contributed by atoms with Crippen molar-refractivity contribution < 1.29 is 18.0 Å². The van der Waals surface area contributed by atoms with Crippen LogP contribution in [0.3, 0.4) is 0 Å². The molecule has 0 saturated carbocycles. The van der Waals surface area contributed by atoms with Gasteiger partial charge < -0.3 is 5.32 Å². The van der Waals surface area contributed by atoms with E-state index >= 15 is 0 Å². The van der Waals surface area contributed by atoms with Gasteiger partial charge in [0.25, 0.3) is 5.91 Å². The highest BCUT2D eigenvalue weighted by molar-refractivity contribution is 7.15. The Hall–Kier alpha value is -2.06. The summed E-state index contributed by atoms with van der Waals surface area (Å²) in [7, 11) is 0. The zero-order valence-corrected chi connectivity index (χ0v) is 20.5. The smallest absolute Gasteiger partial charge is 0.347 e. The van der Waals surface area contributed by atoms with Crippen LogP contribution in [0.5, 0.6) is 0 Å². The number of allylic oxidation sites excluding steroid dienone is 1. The monoisotopic (exact) mass is 532 g/mol. The maximum absolute atomic E-state index is 13.7. The van der Waals surface area contributed by atoms with Crippen LogP contribution in [0.15, 0.2) is 42.6 Å². The van der Waals surface area contributed by atoms with Crippen LogP contribution >= 0.6 is 46.1 Å². The summed E-state index contributed by atoms with van der Waals surface area (Å²) < 4.78 is 41.6. The van der Waals surface area contributed by atoms with Crippen LogP contribution < -0.4 is 5.32 Å². The minimum Gasteiger partial charge on any atom is -0.347 e. The molecular weight excluding hydrogens is 516 g/mol. The quantitative estimate of drug-likeness (QED) is 0.349. The average Bonchev–Trinajstić information content (AvgIpc) is 3.14. The van der Waals surface area contributed by atoms with Gasteiger partial charge in [-0.2, -0.15) is 13.2 Å². The van der Waals surface area contributed by atoms with Gasteiger partial charge in [0.2, 0.25) is 0 Å². The lowest BCUT2D eigenvalue weighted by Crippen LogP contribution is -2.23. The zero-order valence-electron chi connectivity index (χ0n) is 17.4. The van der Waals surface area contributed by atoms with Crippen LogP contribution in [0.2, 0.25) is 14.5 Å². The molecule has 0 spiro atoms. The number of aromatic nitrogens is 1. The number of hydrogen-bond donors (Lipinski definition) is 1. The van der Waals surface area contributed by atoms with Crippen molar-refractivity contribution in [3.8, 4) is 0 Å². The van der Waals surface area contributed by atoms with Crippen molar-refractivity contribution in [3.05, 3.63) is 89.8 Å². The number of nitrogens with zero attached hydrogens (tertiary/aromatic N) is 1. The Morgan fingerprint density at radius 3 is 2.36 bits per heavy atom. The molecule has 1 atom stereocenters. The summed E-state index contributed by atoms with van der Waals surface area (Å²) in [6.07, 6.45) is -0.528. The first-order valence-electron chi connectivity index (χ1n) is 9.65. The molecule has 0 fully saturated rings. The summed E-state index contributed by atoms with van der Waals surface area (Å²) in [4.78, 5) is 17.2. The maximum atomic E-state index is 13.7. The van der Waals surface area contributed by atoms with E-state index in [1.54, 1.807) is 38.2 Å². The number of halogens is 6. The molecule has 10 heteroatoms. The van der Waals surface area contributed by atoms with Crippen molar-refractivity contribution in [1.29, 1.82) is 0 Å². The number of thiazole rings is 1. The molecule has 0 saturated heterocycles. The number of alkyl halides is 3. The molecule has 0 aliphatic carbocycles. The van der Waals surface area contributed by atoms with Gasteiger partial charge in [0.15, 0.2) is 4.47 Å². The van der Waals surface area contributed by atoms with Gasteiger partial charge in [0.05, 0.1) is 12.5 Å². The molecule has 1 N–H and O–H groups in total. The summed E-state index contributed by atoms with van der Waals surface area (Å²) in [6, 6.07) is 7.37. The van der Waals surface area contributed by atoms with E-state index < -0.39 is 12.1 Å². The number of aryl methyl sites for hydroxylation is 1. The van der Waals surface area contributed by atoms with Gasteiger partial charge in [-0.1, -0.05) is 59.1 Å². The van der Waals surface area contributed by atoms with E-state index in [2.05, 4.69) is 10.3 Å². The third kappa shape index (κ3) is 6.51. The lowest BCUT2D eigenvalue weighted by atomic mass is 9.95. The summed E-state index contributed by atoms with van der Waals surface area (Å²) in [5.74, 6) is -2.19. The number of amides is 1. The molecular formula is C23H18Cl3F3N2OS.